The smallest absolute Gasteiger partial charge is 0.239 e. The second-order valence-corrected chi connectivity index (χ2v) is 7.28. The number of nitrogens with zero attached hydrogens (tertiary/aromatic N) is 3. The monoisotopic (exact) mass is 377 g/mol. The molecule has 0 bridgehead atoms. The van der Waals surface area contributed by atoms with Crippen molar-refractivity contribution in [3.63, 3.8) is 0 Å². The van der Waals surface area contributed by atoms with Gasteiger partial charge in [-0.15, -0.1) is 0 Å². The number of hydrogen-bond acceptors (Lipinski definition) is 3. The van der Waals surface area contributed by atoms with E-state index in [-0.39, 0.29) is 11.9 Å². The van der Waals surface area contributed by atoms with Crippen LogP contribution in [0.25, 0.3) is 10.9 Å². The van der Waals surface area contributed by atoms with Gasteiger partial charge in [0.1, 0.15) is 5.15 Å². The lowest BCUT2D eigenvalue weighted by atomic mass is 9.98. The van der Waals surface area contributed by atoms with Crippen LogP contribution < -0.4 is 0 Å². The van der Waals surface area contributed by atoms with E-state index in [2.05, 4.69) is 16.2 Å². The van der Waals surface area contributed by atoms with Gasteiger partial charge in [0, 0.05) is 18.7 Å². The third kappa shape index (κ3) is 3.45. The molecule has 2 aromatic carbocycles. The van der Waals surface area contributed by atoms with E-state index < -0.39 is 0 Å². The van der Waals surface area contributed by atoms with Crippen LogP contribution in [-0.4, -0.2) is 27.7 Å². The molecule has 136 valence electrons. The highest BCUT2D eigenvalue weighted by molar-refractivity contribution is 6.30. The second-order valence-electron chi connectivity index (χ2n) is 6.92. The molecule has 1 atom stereocenters. The van der Waals surface area contributed by atoms with E-state index in [1.54, 1.807) is 11.9 Å². The van der Waals surface area contributed by atoms with Crippen LogP contribution in [0.4, 0.5) is 0 Å². The van der Waals surface area contributed by atoms with E-state index >= 15 is 0 Å². The minimum Gasteiger partial charge on any atom is -0.273 e. The Hall–Kier alpha value is -2.72. The summed E-state index contributed by atoms with van der Waals surface area (Å²) in [6.07, 6.45) is 1.32. The van der Waals surface area contributed by atoms with Crippen molar-refractivity contribution >= 4 is 34.1 Å². The first kappa shape index (κ1) is 17.7. The van der Waals surface area contributed by atoms with Crippen LogP contribution in [0, 0.1) is 6.92 Å². The van der Waals surface area contributed by atoms with Crippen LogP contribution in [0.3, 0.4) is 0 Å². The molecule has 1 amide bonds. The van der Waals surface area contributed by atoms with Gasteiger partial charge < -0.3 is 0 Å². The molecule has 27 heavy (non-hydrogen) atoms. The molecular formula is C22H20ClN3O. The van der Waals surface area contributed by atoms with E-state index in [0.717, 1.165) is 33.3 Å². The number of aromatic nitrogens is 1. The molecule has 0 saturated carbocycles. The number of pyridine rings is 1. The van der Waals surface area contributed by atoms with Gasteiger partial charge in [0.2, 0.25) is 5.91 Å². The van der Waals surface area contributed by atoms with Gasteiger partial charge in [0.25, 0.3) is 0 Å². The maximum absolute atomic E-state index is 12.1. The fourth-order valence-corrected chi connectivity index (χ4v) is 3.84. The van der Waals surface area contributed by atoms with Gasteiger partial charge in [0.15, 0.2) is 0 Å². The number of para-hydroxylation sites is 1. The Morgan fingerprint density at radius 2 is 1.96 bits per heavy atom. The SMILES string of the molecule is CC(=O)N1N=C(c2ccccc2)CC1Cc1cc2cccc(C)c2nc1Cl. The number of fused-ring (bicyclic) bond motifs is 1. The highest BCUT2D eigenvalue weighted by atomic mass is 35.5. The van der Waals surface area contributed by atoms with Crippen LogP contribution >= 0.6 is 11.6 Å². The number of halogens is 1. The Kier molecular flexibility index (Phi) is 4.66. The quantitative estimate of drug-likeness (QED) is 0.617. The maximum atomic E-state index is 12.1. The Labute approximate surface area is 163 Å². The summed E-state index contributed by atoms with van der Waals surface area (Å²) in [6, 6.07) is 18.1. The predicted molar refractivity (Wildman–Crippen MR) is 109 cm³/mol. The number of aryl methyl sites for hydroxylation is 1. The molecule has 0 spiro atoms. The zero-order valence-electron chi connectivity index (χ0n) is 15.3. The number of amides is 1. The van der Waals surface area contributed by atoms with Crippen molar-refractivity contribution in [2.75, 3.05) is 0 Å². The fourth-order valence-electron chi connectivity index (χ4n) is 3.62. The van der Waals surface area contributed by atoms with Gasteiger partial charge in [-0.25, -0.2) is 9.99 Å². The number of carbonyl (C=O) groups is 1. The summed E-state index contributed by atoms with van der Waals surface area (Å²) < 4.78 is 0. The van der Waals surface area contributed by atoms with Crippen molar-refractivity contribution in [3.8, 4) is 0 Å². The fraction of sp³-hybridized carbons (Fsp3) is 0.227. The zero-order valence-corrected chi connectivity index (χ0v) is 16.1. The number of hydrazone groups is 1. The Morgan fingerprint density at radius 3 is 2.70 bits per heavy atom. The van der Waals surface area contributed by atoms with E-state index in [1.165, 1.54) is 0 Å². The summed E-state index contributed by atoms with van der Waals surface area (Å²) in [7, 11) is 0. The first-order chi connectivity index (χ1) is 13.0. The Morgan fingerprint density at radius 1 is 1.19 bits per heavy atom. The molecule has 4 rings (SSSR count). The summed E-state index contributed by atoms with van der Waals surface area (Å²) in [5, 5.41) is 7.72. The minimum absolute atomic E-state index is 0.0562. The molecule has 0 saturated heterocycles. The van der Waals surface area contributed by atoms with Gasteiger partial charge in [-0.2, -0.15) is 5.10 Å². The van der Waals surface area contributed by atoms with Gasteiger partial charge in [-0.3, -0.25) is 4.79 Å². The van der Waals surface area contributed by atoms with Gasteiger partial charge in [0.05, 0.1) is 17.3 Å². The van der Waals surface area contributed by atoms with Crippen molar-refractivity contribution in [3.05, 3.63) is 76.4 Å². The first-order valence-corrected chi connectivity index (χ1v) is 9.38. The van der Waals surface area contributed by atoms with E-state index in [9.17, 15) is 4.79 Å². The van der Waals surface area contributed by atoms with Crippen molar-refractivity contribution in [1.82, 2.24) is 9.99 Å². The highest BCUT2D eigenvalue weighted by Crippen LogP contribution is 2.28. The highest BCUT2D eigenvalue weighted by Gasteiger charge is 2.30. The molecule has 1 aliphatic rings. The van der Waals surface area contributed by atoms with Crippen LogP contribution in [0.1, 0.15) is 30.0 Å². The third-order valence-corrected chi connectivity index (χ3v) is 5.29. The van der Waals surface area contributed by atoms with Crippen molar-refractivity contribution in [2.45, 2.75) is 32.7 Å². The maximum Gasteiger partial charge on any atom is 0.239 e. The average molecular weight is 378 g/mol. The van der Waals surface area contributed by atoms with E-state index in [4.69, 9.17) is 11.6 Å². The number of carbonyl (C=O) groups excluding carboxylic acids is 1. The number of hydrogen-bond donors (Lipinski definition) is 0. The summed E-state index contributed by atoms with van der Waals surface area (Å²) in [5.74, 6) is -0.0633. The first-order valence-electron chi connectivity index (χ1n) is 9.00. The van der Waals surface area contributed by atoms with Crippen LogP contribution in [0.2, 0.25) is 5.15 Å². The lowest BCUT2D eigenvalue weighted by molar-refractivity contribution is -0.130. The molecule has 5 heteroatoms. The summed E-state index contributed by atoms with van der Waals surface area (Å²) in [5.41, 5.74) is 4.93. The van der Waals surface area contributed by atoms with Gasteiger partial charge in [-0.1, -0.05) is 60.1 Å². The van der Waals surface area contributed by atoms with Crippen LogP contribution in [0.5, 0.6) is 0 Å². The lowest BCUT2D eigenvalue weighted by Crippen LogP contribution is -2.32. The second kappa shape index (κ2) is 7.12. The zero-order chi connectivity index (χ0) is 19.0. The molecule has 3 aromatic rings. The third-order valence-electron chi connectivity index (χ3n) is 4.96. The van der Waals surface area contributed by atoms with Crippen LogP contribution in [-0.2, 0) is 11.2 Å². The standard InChI is InChI=1S/C22H20ClN3O/c1-14-7-6-10-17-11-18(22(23)24-21(14)17)12-19-13-20(25-26(19)15(2)27)16-8-4-3-5-9-16/h3-11,19H,12-13H2,1-2H3. The molecule has 1 aromatic heterocycles. The van der Waals surface area contributed by atoms with E-state index in [0.29, 0.717) is 18.0 Å². The summed E-state index contributed by atoms with van der Waals surface area (Å²) in [6.45, 7) is 3.58. The lowest BCUT2D eigenvalue weighted by Gasteiger charge is -2.20. The summed E-state index contributed by atoms with van der Waals surface area (Å²) >= 11 is 6.48. The largest absolute Gasteiger partial charge is 0.273 e. The average Bonchev–Trinajstić information content (AvgIpc) is 3.08. The minimum atomic E-state index is -0.0633. The Balaban J connectivity index is 1.65. The molecule has 4 nitrogen and oxygen atoms in total. The molecule has 0 aliphatic carbocycles. The van der Waals surface area contributed by atoms with Crippen molar-refractivity contribution in [2.24, 2.45) is 5.10 Å². The van der Waals surface area contributed by atoms with Crippen molar-refractivity contribution in [1.29, 1.82) is 0 Å². The molecule has 0 radical (unpaired) electrons. The molecule has 2 heterocycles. The molecule has 0 fully saturated rings. The Bertz CT molecular complexity index is 1050. The molecule has 1 aliphatic heterocycles. The number of benzene rings is 2. The summed E-state index contributed by atoms with van der Waals surface area (Å²) in [4.78, 5) is 16.7. The normalized spacial score (nSPS) is 16.6. The van der Waals surface area contributed by atoms with Crippen molar-refractivity contribution < 1.29 is 4.79 Å². The molecule has 1 unspecified atom stereocenters. The number of rotatable bonds is 3. The topological polar surface area (TPSA) is 45.6 Å². The van der Waals surface area contributed by atoms with Crippen LogP contribution in [0.15, 0.2) is 59.7 Å². The molecular weight excluding hydrogens is 358 g/mol. The van der Waals surface area contributed by atoms with Gasteiger partial charge in [-0.05, 0) is 36.1 Å². The predicted octanol–water partition coefficient (Wildman–Crippen LogP) is 4.76. The van der Waals surface area contributed by atoms with E-state index in [1.807, 2.05) is 55.5 Å². The van der Waals surface area contributed by atoms with Gasteiger partial charge >= 0.3 is 0 Å². The molecule has 0 N–H and O–H groups in total.